The number of rotatable bonds is 7. The van der Waals surface area contributed by atoms with Crippen LogP contribution in [0.3, 0.4) is 0 Å². The van der Waals surface area contributed by atoms with Crippen LogP contribution in [0.1, 0.15) is 63.9 Å². The number of carbonyl (C=O) groups excluding carboxylic acids is 3. The van der Waals surface area contributed by atoms with E-state index in [1.807, 2.05) is 37.3 Å². The SMILES string of the molecule is Cc1ccccc1C(=O)c1cccc(-c2cccc(C(=O)/C(C#N)=N/OC(=O)NC3CCCCC3)c2)c1. The molecule has 0 atom stereocenters. The molecular formula is C30H27N3O4. The highest BCUT2D eigenvalue weighted by Crippen LogP contribution is 2.24. The van der Waals surface area contributed by atoms with E-state index in [4.69, 9.17) is 4.84 Å². The van der Waals surface area contributed by atoms with Crippen LogP contribution in [0.25, 0.3) is 11.1 Å². The van der Waals surface area contributed by atoms with Crippen LogP contribution >= 0.6 is 0 Å². The van der Waals surface area contributed by atoms with Gasteiger partial charge in [-0.2, -0.15) is 5.26 Å². The summed E-state index contributed by atoms with van der Waals surface area (Å²) in [6.07, 6.45) is 4.17. The molecular weight excluding hydrogens is 466 g/mol. The molecule has 37 heavy (non-hydrogen) atoms. The third kappa shape index (κ3) is 6.36. The van der Waals surface area contributed by atoms with Crippen molar-refractivity contribution in [3.05, 3.63) is 95.1 Å². The summed E-state index contributed by atoms with van der Waals surface area (Å²) in [5, 5.41) is 15.7. The Morgan fingerprint density at radius 1 is 0.892 bits per heavy atom. The lowest BCUT2D eigenvalue weighted by Gasteiger charge is -2.21. The smallest absolute Gasteiger partial charge is 0.317 e. The molecule has 1 amide bonds. The first-order valence-electron chi connectivity index (χ1n) is 12.3. The number of oxime groups is 1. The quantitative estimate of drug-likeness (QED) is 0.188. The number of aryl methyl sites for hydroxylation is 1. The summed E-state index contributed by atoms with van der Waals surface area (Å²) in [5.74, 6) is -0.753. The molecule has 7 nitrogen and oxygen atoms in total. The topological polar surface area (TPSA) is 109 Å². The minimum Gasteiger partial charge on any atom is -0.317 e. The number of amides is 1. The van der Waals surface area contributed by atoms with Crippen LogP contribution in [0.5, 0.6) is 0 Å². The summed E-state index contributed by atoms with van der Waals surface area (Å²) in [4.78, 5) is 42.9. The summed E-state index contributed by atoms with van der Waals surface area (Å²) in [6.45, 7) is 1.89. The van der Waals surface area contributed by atoms with Crippen molar-refractivity contribution in [3.8, 4) is 17.2 Å². The standard InChI is InChI=1S/C30H27N3O4/c1-20-9-5-6-16-26(20)28(34)23-12-7-10-21(17-23)22-11-8-13-24(18-22)29(35)27(19-31)33-37-30(36)32-25-14-3-2-4-15-25/h5-13,16-18,25H,2-4,14-15H2,1H3,(H,32,36)/b33-27+. The molecule has 3 aromatic carbocycles. The number of hydrogen-bond donors (Lipinski definition) is 1. The third-order valence-electron chi connectivity index (χ3n) is 6.44. The van der Waals surface area contributed by atoms with Gasteiger partial charge in [-0.3, -0.25) is 14.4 Å². The molecule has 7 heteroatoms. The molecule has 1 saturated carbocycles. The Morgan fingerprint density at radius 3 is 2.22 bits per heavy atom. The first-order chi connectivity index (χ1) is 18.0. The van der Waals surface area contributed by atoms with E-state index in [0.29, 0.717) is 16.7 Å². The van der Waals surface area contributed by atoms with Crippen molar-refractivity contribution in [3.63, 3.8) is 0 Å². The number of hydrogen-bond acceptors (Lipinski definition) is 6. The fraction of sp³-hybridized carbons (Fsp3) is 0.233. The van der Waals surface area contributed by atoms with E-state index in [0.717, 1.165) is 43.2 Å². The molecule has 1 aliphatic rings. The highest BCUT2D eigenvalue weighted by atomic mass is 16.7. The van der Waals surface area contributed by atoms with Crippen molar-refractivity contribution in [2.24, 2.45) is 5.16 Å². The first kappa shape index (κ1) is 25.5. The van der Waals surface area contributed by atoms with Crippen molar-refractivity contribution in [1.29, 1.82) is 5.26 Å². The van der Waals surface area contributed by atoms with Crippen LogP contribution in [0.15, 0.2) is 78.0 Å². The second-order valence-corrected chi connectivity index (χ2v) is 9.04. The number of nitrogens with one attached hydrogen (secondary N) is 1. The fourth-order valence-corrected chi connectivity index (χ4v) is 4.44. The molecule has 1 N–H and O–H groups in total. The van der Waals surface area contributed by atoms with Crippen LogP contribution in [0.4, 0.5) is 4.79 Å². The van der Waals surface area contributed by atoms with Gasteiger partial charge in [-0.25, -0.2) is 4.79 Å². The van der Waals surface area contributed by atoms with E-state index in [1.165, 1.54) is 0 Å². The lowest BCUT2D eigenvalue weighted by molar-refractivity contribution is 0.103. The van der Waals surface area contributed by atoms with Crippen LogP contribution in [-0.2, 0) is 4.84 Å². The highest BCUT2D eigenvalue weighted by molar-refractivity contribution is 6.51. The van der Waals surface area contributed by atoms with E-state index in [2.05, 4.69) is 10.5 Å². The summed E-state index contributed by atoms with van der Waals surface area (Å²) < 4.78 is 0. The zero-order valence-corrected chi connectivity index (χ0v) is 20.6. The van der Waals surface area contributed by atoms with Gasteiger partial charge in [0.1, 0.15) is 6.07 Å². The monoisotopic (exact) mass is 493 g/mol. The molecule has 0 heterocycles. The van der Waals surface area contributed by atoms with Gasteiger partial charge in [0.05, 0.1) is 0 Å². The predicted octanol–water partition coefficient (Wildman–Crippen LogP) is 6.01. The average Bonchev–Trinajstić information content (AvgIpc) is 2.94. The van der Waals surface area contributed by atoms with Crippen LogP contribution in [0, 0.1) is 18.3 Å². The van der Waals surface area contributed by atoms with Crippen LogP contribution in [-0.4, -0.2) is 29.4 Å². The maximum atomic E-state index is 13.1. The van der Waals surface area contributed by atoms with Gasteiger partial charge in [-0.1, -0.05) is 85.1 Å². The summed E-state index contributed by atoms with van der Waals surface area (Å²) in [5.41, 5.74) is 3.17. The molecule has 1 fully saturated rings. The Kier molecular flexibility index (Phi) is 8.22. The minimum atomic E-state index is -0.781. The number of nitrogens with zero attached hydrogens (tertiary/aromatic N) is 2. The van der Waals surface area contributed by atoms with E-state index >= 15 is 0 Å². The number of benzene rings is 3. The van der Waals surface area contributed by atoms with E-state index in [1.54, 1.807) is 48.5 Å². The van der Waals surface area contributed by atoms with Gasteiger partial charge in [-0.05, 0) is 48.6 Å². The Morgan fingerprint density at radius 2 is 1.54 bits per heavy atom. The van der Waals surface area contributed by atoms with Crippen LogP contribution < -0.4 is 5.32 Å². The second kappa shape index (κ2) is 11.9. The van der Waals surface area contributed by atoms with Gasteiger partial charge in [0.15, 0.2) is 5.78 Å². The summed E-state index contributed by atoms with van der Waals surface area (Å²) in [6, 6.07) is 23.0. The molecule has 0 aliphatic heterocycles. The van der Waals surface area contributed by atoms with Gasteiger partial charge < -0.3 is 5.32 Å². The zero-order chi connectivity index (χ0) is 26.2. The van der Waals surface area contributed by atoms with Crippen molar-refractivity contribution >= 4 is 23.4 Å². The Balaban J connectivity index is 1.50. The lowest BCUT2D eigenvalue weighted by Crippen LogP contribution is -2.36. The Bertz CT molecular complexity index is 1400. The highest BCUT2D eigenvalue weighted by Gasteiger charge is 2.19. The van der Waals surface area contributed by atoms with Gasteiger partial charge in [-0.15, -0.1) is 0 Å². The fourth-order valence-electron chi connectivity index (χ4n) is 4.44. The Labute approximate surface area is 215 Å². The molecule has 0 saturated heterocycles. The summed E-state index contributed by atoms with van der Waals surface area (Å²) in [7, 11) is 0. The zero-order valence-electron chi connectivity index (χ0n) is 20.6. The third-order valence-corrected chi connectivity index (χ3v) is 6.44. The molecule has 0 aromatic heterocycles. The van der Waals surface area contributed by atoms with Crippen LogP contribution in [0.2, 0.25) is 0 Å². The number of ketones is 2. The maximum Gasteiger partial charge on any atom is 0.433 e. The molecule has 0 unspecified atom stereocenters. The normalized spacial score (nSPS) is 13.9. The number of carbonyl (C=O) groups is 3. The van der Waals surface area contributed by atoms with Gasteiger partial charge in [0, 0.05) is 22.7 Å². The van der Waals surface area contributed by atoms with Crippen molar-refractivity contribution in [1.82, 2.24) is 5.32 Å². The number of Topliss-reactive ketones (excluding diaryl/α,β-unsaturated/α-hetero) is 1. The van der Waals surface area contributed by atoms with Gasteiger partial charge in [0.2, 0.25) is 11.5 Å². The van der Waals surface area contributed by atoms with Crippen molar-refractivity contribution in [2.75, 3.05) is 0 Å². The predicted molar refractivity (Wildman–Crippen MR) is 140 cm³/mol. The summed E-state index contributed by atoms with van der Waals surface area (Å²) >= 11 is 0. The van der Waals surface area contributed by atoms with E-state index < -0.39 is 17.6 Å². The lowest BCUT2D eigenvalue weighted by atomic mass is 9.95. The molecule has 0 radical (unpaired) electrons. The van der Waals surface area contributed by atoms with Gasteiger partial charge in [0.25, 0.3) is 0 Å². The van der Waals surface area contributed by atoms with E-state index in [-0.39, 0.29) is 17.4 Å². The molecule has 186 valence electrons. The van der Waals surface area contributed by atoms with Crippen molar-refractivity contribution < 1.29 is 19.2 Å². The molecule has 0 spiro atoms. The second-order valence-electron chi connectivity index (χ2n) is 9.04. The molecule has 4 rings (SSSR count). The van der Waals surface area contributed by atoms with Crippen molar-refractivity contribution in [2.45, 2.75) is 45.1 Å². The van der Waals surface area contributed by atoms with Gasteiger partial charge >= 0.3 is 6.09 Å². The maximum absolute atomic E-state index is 13.1. The minimum absolute atomic E-state index is 0.0165. The largest absolute Gasteiger partial charge is 0.433 e. The first-order valence-corrected chi connectivity index (χ1v) is 12.3. The average molecular weight is 494 g/mol. The molecule has 3 aromatic rings. The molecule has 1 aliphatic carbocycles. The molecule has 0 bridgehead atoms. The Hall–Kier alpha value is -4.57. The number of nitriles is 1. The van der Waals surface area contributed by atoms with E-state index in [9.17, 15) is 19.6 Å².